The fraction of sp³-hybridized carbons (Fsp3) is 0.364. The van der Waals surface area contributed by atoms with Crippen molar-refractivity contribution in [1.29, 1.82) is 0 Å². The number of carbonyl (C=O) groups excluding carboxylic acids is 1. The van der Waals surface area contributed by atoms with Crippen LogP contribution in [-0.4, -0.2) is 19.1 Å². The molecule has 0 saturated heterocycles. The van der Waals surface area contributed by atoms with Crippen LogP contribution in [0.4, 0.5) is 4.39 Å². The monoisotopic (exact) mass is 289 g/mol. The van der Waals surface area contributed by atoms with Crippen molar-refractivity contribution < 1.29 is 13.9 Å². The van der Waals surface area contributed by atoms with Crippen LogP contribution in [0.5, 0.6) is 0 Å². The van der Waals surface area contributed by atoms with Gasteiger partial charge < -0.3 is 10.1 Å². The van der Waals surface area contributed by atoms with Gasteiger partial charge in [-0.1, -0.05) is 15.9 Å². The van der Waals surface area contributed by atoms with Crippen molar-refractivity contribution in [2.24, 2.45) is 0 Å². The zero-order valence-electron chi connectivity index (χ0n) is 9.09. The summed E-state index contributed by atoms with van der Waals surface area (Å²) < 4.78 is 18.7. The summed E-state index contributed by atoms with van der Waals surface area (Å²) in [6.07, 6.45) is 0. The Labute approximate surface area is 102 Å². The first-order valence-electron chi connectivity index (χ1n) is 4.79. The molecule has 3 nitrogen and oxygen atoms in total. The molecule has 0 aliphatic rings. The molecule has 16 heavy (non-hydrogen) atoms. The number of nitrogens with one attached hydrogen (secondary N) is 1. The summed E-state index contributed by atoms with van der Waals surface area (Å²) in [6.45, 7) is 1.95. The molecule has 0 aliphatic carbocycles. The molecule has 88 valence electrons. The lowest BCUT2D eigenvalue weighted by Crippen LogP contribution is -2.34. The molecule has 0 bridgehead atoms. The Morgan fingerprint density at radius 3 is 2.94 bits per heavy atom. The summed E-state index contributed by atoms with van der Waals surface area (Å²) >= 11 is 3.26. The van der Waals surface area contributed by atoms with Gasteiger partial charge in [-0.05, 0) is 25.1 Å². The van der Waals surface area contributed by atoms with E-state index in [9.17, 15) is 9.18 Å². The molecule has 0 amide bonds. The maximum Gasteiger partial charge on any atom is 0.322 e. The Bertz CT molecular complexity index is 384. The van der Waals surface area contributed by atoms with Gasteiger partial charge >= 0.3 is 5.97 Å². The summed E-state index contributed by atoms with van der Waals surface area (Å²) in [5, 5.41) is 2.88. The minimum atomic E-state index is -0.455. The molecule has 0 aromatic heterocycles. The van der Waals surface area contributed by atoms with Crippen LogP contribution in [-0.2, 0) is 16.1 Å². The highest BCUT2D eigenvalue weighted by Gasteiger charge is 2.12. The second-order valence-electron chi connectivity index (χ2n) is 3.36. The molecule has 0 heterocycles. The second-order valence-corrected chi connectivity index (χ2v) is 4.28. The lowest BCUT2D eigenvalue weighted by molar-refractivity contribution is -0.142. The van der Waals surface area contributed by atoms with Gasteiger partial charge in [-0.3, -0.25) is 4.79 Å². The Morgan fingerprint density at radius 1 is 1.62 bits per heavy atom. The van der Waals surface area contributed by atoms with Crippen LogP contribution in [0.1, 0.15) is 12.5 Å². The summed E-state index contributed by atoms with van der Waals surface area (Å²) in [5.74, 6) is -0.664. The van der Waals surface area contributed by atoms with Crippen LogP contribution in [0, 0.1) is 5.82 Å². The van der Waals surface area contributed by atoms with E-state index < -0.39 is 6.04 Å². The topological polar surface area (TPSA) is 38.3 Å². The smallest absolute Gasteiger partial charge is 0.322 e. The quantitative estimate of drug-likeness (QED) is 0.864. The number of esters is 1. The van der Waals surface area contributed by atoms with E-state index in [0.29, 0.717) is 5.56 Å². The Hall–Kier alpha value is -0.940. The molecule has 0 unspecified atom stereocenters. The number of hydrogen-bond donors (Lipinski definition) is 1. The fourth-order valence-corrected chi connectivity index (χ4v) is 1.61. The molecule has 1 aromatic carbocycles. The van der Waals surface area contributed by atoms with Gasteiger partial charge in [0.1, 0.15) is 11.9 Å². The highest BCUT2D eigenvalue weighted by atomic mass is 79.9. The lowest BCUT2D eigenvalue weighted by Gasteiger charge is -2.11. The van der Waals surface area contributed by atoms with Crippen molar-refractivity contribution >= 4 is 21.9 Å². The van der Waals surface area contributed by atoms with Crippen molar-refractivity contribution in [2.45, 2.75) is 19.5 Å². The van der Waals surface area contributed by atoms with Crippen LogP contribution in [0.25, 0.3) is 0 Å². The number of hydrogen-bond acceptors (Lipinski definition) is 3. The minimum Gasteiger partial charge on any atom is -0.468 e. The fourth-order valence-electron chi connectivity index (χ4n) is 1.20. The van der Waals surface area contributed by atoms with Gasteiger partial charge in [0.05, 0.1) is 7.11 Å². The zero-order chi connectivity index (χ0) is 12.1. The third-order valence-electron chi connectivity index (χ3n) is 2.16. The predicted octanol–water partition coefficient (Wildman–Crippen LogP) is 2.24. The van der Waals surface area contributed by atoms with Gasteiger partial charge in [-0.2, -0.15) is 0 Å². The largest absolute Gasteiger partial charge is 0.468 e. The second kappa shape index (κ2) is 5.96. The van der Waals surface area contributed by atoms with E-state index in [2.05, 4.69) is 26.0 Å². The van der Waals surface area contributed by atoms with Gasteiger partial charge in [0, 0.05) is 16.6 Å². The SMILES string of the molecule is COC(=O)[C@H](C)NCc1cc(Br)ccc1F. The van der Waals surface area contributed by atoms with Crippen LogP contribution < -0.4 is 5.32 Å². The first-order chi connectivity index (χ1) is 7.54. The Kier molecular flexibility index (Phi) is 4.89. The van der Waals surface area contributed by atoms with Crippen molar-refractivity contribution in [3.05, 3.63) is 34.1 Å². The maximum absolute atomic E-state index is 13.3. The highest BCUT2D eigenvalue weighted by Crippen LogP contribution is 2.15. The van der Waals surface area contributed by atoms with Gasteiger partial charge in [0.25, 0.3) is 0 Å². The van der Waals surface area contributed by atoms with Crippen molar-refractivity contribution in [1.82, 2.24) is 5.32 Å². The number of carbonyl (C=O) groups is 1. The number of halogens is 2. The standard InChI is InChI=1S/C11H13BrFNO2/c1-7(11(15)16-2)14-6-8-5-9(12)3-4-10(8)13/h3-5,7,14H,6H2,1-2H3/t7-/m0/s1. The number of benzene rings is 1. The zero-order valence-corrected chi connectivity index (χ0v) is 10.7. The summed E-state index contributed by atoms with van der Waals surface area (Å²) in [7, 11) is 1.32. The summed E-state index contributed by atoms with van der Waals surface area (Å²) in [5.41, 5.74) is 0.505. The van der Waals surface area contributed by atoms with Crippen molar-refractivity contribution in [3.8, 4) is 0 Å². The third-order valence-corrected chi connectivity index (χ3v) is 2.65. The average molecular weight is 290 g/mol. The highest BCUT2D eigenvalue weighted by molar-refractivity contribution is 9.10. The van der Waals surface area contributed by atoms with Crippen LogP contribution in [0.3, 0.4) is 0 Å². The summed E-state index contributed by atoms with van der Waals surface area (Å²) in [6, 6.07) is 4.22. The first-order valence-corrected chi connectivity index (χ1v) is 5.59. The predicted molar refractivity (Wildman–Crippen MR) is 62.4 cm³/mol. The Morgan fingerprint density at radius 2 is 2.31 bits per heavy atom. The normalized spacial score (nSPS) is 12.2. The van der Waals surface area contributed by atoms with E-state index in [0.717, 1.165) is 4.47 Å². The third kappa shape index (κ3) is 3.57. The van der Waals surface area contributed by atoms with Crippen molar-refractivity contribution in [2.75, 3.05) is 7.11 Å². The molecule has 0 spiro atoms. The minimum absolute atomic E-state index is 0.279. The average Bonchev–Trinajstić information content (AvgIpc) is 2.28. The Balaban J connectivity index is 2.60. The van der Waals surface area contributed by atoms with E-state index in [1.165, 1.54) is 13.2 Å². The van der Waals surface area contributed by atoms with Gasteiger partial charge in [0.15, 0.2) is 0 Å². The molecule has 5 heteroatoms. The molecule has 0 radical (unpaired) electrons. The van der Waals surface area contributed by atoms with Gasteiger partial charge in [-0.15, -0.1) is 0 Å². The number of ether oxygens (including phenoxy) is 1. The molecule has 0 fully saturated rings. The molecule has 1 N–H and O–H groups in total. The van der Waals surface area contributed by atoms with Gasteiger partial charge in [-0.25, -0.2) is 4.39 Å². The number of rotatable bonds is 4. The molecular weight excluding hydrogens is 277 g/mol. The first kappa shape index (κ1) is 13.1. The van der Waals surface area contributed by atoms with Gasteiger partial charge in [0.2, 0.25) is 0 Å². The van der Waals surface area contributed by atoms with Crippen LogP contribution in [0.2, 0.25) is 0 Å². The maximum atomic E-state index is 13.3. The van der Waals surface area contributed by atoms with E-state index in [1.54, 1.807) is 19.1 Å². The molecule has 0 aliphatic heterocycles. The van der Waals surface area contributed by atoms with E-state index in [4.69, 9.17) is 0 Å². The van der Waals surface area contributed by atoms with E-state index in [-0.39, 0.29) is 18.3 Å². The molecule has 1 rings (SSSR count). The van der Waals surface area contributed by atoms with E-state index >= 15 is 0 Å². The summed E-state index contributed by atoms with van der Waals surface area (Å²) in [4.78, 5) is 11.1. The molecular formula is C11H13BrFNO2. The lowest BCUT2D eigenvalue weighted by atomic mass is 10.2. The number of methoxy groups -OCH3 is 1. The van der Waals surface area contributed by atoms with Crippen LogP contribution in [0.15, 0.2) is 22.7 Å². The molecule has 0 saturated carbocycles. The van der Waals surface area contributed by atoms with Crippen LogP contribution >= 0.6 is 15.9 Å². The molecule has 1 aromatic rings. The molecule has 1 atom stereocenters. The van der Waals surface area contributed by atoms with E-state index in [1.807, 2.05) is 0 Å². The van der Waals surface area contributed by atoms with Crippen molar-refractivity contribution in [3.63, 3.8) is 0 Å².